The lowest BCUT2D eigenvalue weighted by Crippen LogP contribution is -2.45. The summed E-state index contributed by atoms with van der Waals surface area (Å²) in [4.78, 5) is 25.5. The number of benzene rings is 3. The molecule has 0 aliphatic rings. The zero-order chi connectivity index (χ0) is 27.7. The first kappa shape index (κ1) is 29.1. The van der Waals surface area contributed by atoms with Crippen molar-refractivity contribution in [3.05, 3.63) is 94.0 Å². The molecule has 1 unspecified atom stereocenters. The van der Waals surface area contributed by atoms with E-state index in [0.29, 0.717) is 47.4 Å². The number of hydrogen-bond acceptors (Lipinski definition) is 5. The molecule has 0 spiro atoms. The Morgan fingerprint density at radius 3 is 2.24 bits per heavy atom. The highest BCUT2D eigenvalue weighted by molar-refractivity contribution is 6.31. The van der Waals surface area contributed by atoms with Crippen LogP contribution >= 0.6 is 11.6 Å². The second-order valence-electron chi connectivity index (χ2n) is 9.62. The van der Waals surface area contributed by atoms with E-state index in [9.17, 15) is 9.59 Å². The summed E-state index contributed by atoms with van der Waals surface area (Å²) in [6.45, 7) is 8.53. The Morgan fingerprint density at radius 2 is 1.63 bits per heavy atom. The van der Waals surface area contributed by atoms with Gasteiger partial charge < -0.3 is 19.5 Å². The van der Waals surface area contributed by atoms with E-state index in [-0.39, 0.29) is 12.5 Å². The topological polar surface area (TPSA) is 73.9 Å². The van der Waals surface area contributed by atoms with Crippen molar-refractivity contribution in [1.29, 1.82) is 0 Å². The first-order valence-electron chi connectivity index (χ1n) is 12.8. The number of carbonyl (C=O) groups excluding carboxylic acids is 2. The molecule has 38 heavy (non-hydrogen) atoms. The largest absolute Gasteiger partial charge is 0.496 e. The Labute approximate surface area is 230 Å². The summed E-state index contributed by atoms with van der Waals surface area (Å²) in [6, 6.07) is 20.7. The van der Waals surface area contributed by atoms with Crippen LogP contribution in [-0.4, -0.2) is 37.7 Å². The van der Waals surface area contributed by atoms with Crippen molar-refractivity contribution in [3.8, 4) is 11.5 Å². The van der Waals surface area contributed by atoms with Gasteiger partial charge in [-0.05, 0) is 73.2 Å². The Kier molecular flexibility index (Phi) is 10.2. The fourth-order valence-electron chi connectivity index (χ4n) is 4.10. The first-order chi connectivity index (χ1) is 18.1. The van der Waals surface area contributed by atoms with Crippen LogP contribution in [-0.2, 0) is 22.4 Å². The molecule has 202 valence electrons. The summed E-state index contributed by atoms with van der Waals surface area (Å²) in [5.74, 6) is 0.848. The number of rotatable bonds is 12. The van der Waals surface area contributed by atoms with E-state index in [0.717, 1.165) is 11.1 Å². The Balaban J connectivity index is 1.63. The zero-order valence-corrected chi connectivity index (χ0v) is 23.4. The molecule has 1 N–H and O–H groups in total. The highest BCUT2D eigenvalue weighted by Crippen LogP contribution is 2.26. The summed E-state index contributed by atoms with van der Waals surface area (Å²) in [5, 5.41) is 3.38. The summed E-state index contributed by atoms with van der Waals surface area (Å²) in [6.07, 6.45) is 0.992. The van der Waals surface area contributed by atoms with Gasteiger partial charge in [-0.3, -0.25) is 4.79 Å². The molecule has 0 aliphatic carbocycles. The summed E-state index contributed by atoms with van der Waals surface area (Å²) in [7, 11) is 1.52. The normalized spacial score (nSPS) is 12.5. The van der Waals surface area contributed by atoms with E-state index in [1.807, 2.05) is 48.5 Å². The molecule has 3 aromatic carbocycles. The third-order valence-corrected chi connectivity index (χ3v) is 6.50. The maximum Gasteiger partial charge on any atom is 0.350 e. The molecule has 0 fully saturated rings. The molecular weight excluding hydrogens is 502 g/mol. The SMILES string of the molecule is CCOC(=O)C(C)(Cc1ccc(CCNC(=O)c2cc(Cl)ccc2OC)cc1)Oc1ccc(C(C)C)cc1. The van der Waals surface area contributed by atoms with Crippen LogP contribution in [0, 0.1) is 0 Å². The molecule has 3 aromatic rings. The van der Waals surface area contributed by atoms with Crippen LogP contribution in [0.25, 0.3) is 0 Å². The summed E-state index contributed by atoms with van der Waals surface area (Å²) in [5.41, 5.74) is 2.41. The molecule has 0 saturated carbocycles. The van der Waals surface area contributed by atoms with Crippen LogP contribution in [0.3, 0.4) is 0 Å². The molecular formula is C31H36ClNO5. The number of carbonyl (C=O) groups is 2. The van der Waals surface area contributed by atoms with Crippen molar-refractivity contribution < 1.29 is 23.8 Å². The standard InChI is InChI=1S/C31H36ClNO5/c1-6-37-30(35)31(4,38-26-14-11-24(12-15-26)21(2)3)20-23-9-7-22(8-10-23)17-18-33-29(34)27-19-25(32)13-16-28(27)36-5/h7-16,19,21H,6,17-18,20H2,1-5H3,(H,33,34). The Hall–Kier alpha value is -3.51. The minimum absolute atomic E-state index is 0.246. The van der Waals surface area contributed by atoms with Gasteiger partial charge in [0.05, 0.1) is 19.3 Å². The highest BCUT2D eigenvalue weighted by Gasteiger charge is 2.37. The second kappa shape index (κ2) is 13.3. The summed E-state index contributed by atoms with van der Waals surface area (Å²) >= 11 is 6.03. The van der Waals surface area contributed by atoms with E-state index in [1.165, 1.54) is 12.7 Å². The number of halogens is 1. The van der Waals surface area contributed by atoms with Gasteiger partial charge >= 0.3 is 5.97 Å². The van der Waals surface area contributed by atoms with Crippen molar-refractivity contribution in [2.24, 2.45) is 0 Å². The predicted molar refractivity (Wildman–Crippen MR) is 150 cm³/mol. The van der Waals surface area contributed by atoms with Crippen molar-refractivity contribution in [2.75, 3.05) is 20.3 Å². The highest BCUT2D eigenvalue weighted by atomic mass is 35.5. The number of methoxy groups -OCH3 is 1. The van der Waals surface area contributed by atoms with E-state index in [4.69, 9.17) is 25.8 Å². The van der Waals surface area contributed by atoms with Crippen molar-refractivity contribution in [2.45, 2.75) is 52.1 Å². The average molecular weight is 538 g/mol. The molecule has 0 radical (unpaired) electrons. The second-order valence-corrected chi connectivity index (χ2v) is 10.1. The molecule has 3 rings (SSSR count). The van der Waals surface area contributed by atoms with Crippen molar-refractivity contribution in [3.63, 3.8) is 0 Å². The first-order valence-corrected chi connectivity index (χ1v) is 13.2. The van der Waals surface area contributed by atoms with E-state index < -0.39 is 11.6 Å². The van der Waals surface area contributed by atoms with Gasteiger partial charge in [0.15, 0.2) is 0 Å². The third-order valence-electron chi connectivity index (χ3n) is 6.27. The molecule has 0 aromatic heterocycles. The van der Waals surface area contributed by atoms with E-state index >= 15 is 0 Å². The van der Waals surface area contributed by atoms with Gasteiger partial charge in [-0.15, -0.1) is 0 Å². The zero-order valence-electron chi connectivity index (χ0n) is 22.7. The van der Waals surface area contributed by atoms with Crippen LogP contribution < -0.4 is 14.8 Å². The number of ether oxygens (including phenoxy) is 3. The molecule has 0 saturated heterocycles. The number of esters is 1. The quantitative estimate of drug-likeness (QED) is 0.271. The fraction of sp³-hybridized carbons (Fsp3) is 0.355. The maximum atomic E-state index is 12.9. The monoisotopic (exact) mass is 537 g/mol. The fourth-order valence-corrected chi connectivity index (χ4v) is 4.27. The molecule has 1 atom stereocenters. The predicted octanol–water partition coefficient (Wildman–Crippen LogP) is 6.39. The van der Waals surface area contributed by atoms with Gasteiger partial charge in [0.2, 0.25) is 5.60 Å². The maximum absolute atomic E-state index is 12.9. The Bertz CT molecular complexity index is 1220. The average Bonchev–Trinajstić information content (AvgIpc) is 2.90. The van der Waals surface area contributed by atoms with Gasteiger partial charge in [0.25, 0.3) is 5.91 Å². The smallest absolute Gasteiger partial charge is 0.350 e. The van der Waals surface area contributed by atoms with Crippen molar-refractivity contribution in [1.82, 2.24) is 5.32 Å². The van der Waals surface area contributed by atoms with Gasteiger partial charge in [-0.2, -0.15) is 0 Å². The number of amides is 1. The van der Waals surface area contributed by atoms with Gasteiger partial charge in [0.1, 0.15) is 11.5 Å². The van der Waals surface area contributed by atoms with Crippen LogP contribution in [0.5, 0.6) is 11.5 Å². The van der Waals surface area contributed by atoms with E-state index in [1.54, 1.807) is 32.0 Å². The Morgan fingerprint density at radius 1 is 0.974 bits per heavy atom. The molecule has 7 heteroatoms. The van der Waals surface area contributed by atoms with Gasteiger partial charge in [-0.25, -0.2) is 4.79 Å². The van der Waals surface area contributed by atoms with E-state index in [2.05, 4.69) is 19.2 Å². The number of hydrogen-bond donors (Lipinski definition) is 1. The van der Waals surface area contributed by atoms with Crippen LogP contribution in [0.1, 0.15) is 60.7 Å². The van der Waals surface area contributed by atoms with Crippen LogP contribution in [0.15, 0.2) is 66.7 Å². The molecule has 1 amide bonds. The lowest BCUT2D eigenvalue weighted by Gasteiger charge is -2.29. The van der Waals surface area contributed by atoms with Crippen LogP contribution in [0.2, 0.25) is 5.02 Å². The van der Waals surface area contributed by atoms with Crippen molar-refractivity contribution >= 4 is 23.5 Å². The molecule has 0 aliphatic heterocycles. The van der Waals surface area contributed by atoms with Gasteiger partial charge in [-0.1, -0.05) is 61.8 Å². The summed E-state index contributed by atoms with van der Waals surface area (Å²) < 4.78 is 16.8. The molecule has 6 nitrogen and oxygen atoms in total. The van der Waals surface area contributed by atoms with Crippen LogP contribution in [0.4, 0.5) is 0 Å². The third kappa shape index (κ3) is 7.75. The minimum Gasteiger partial charge on any atom is -0.496 e. The number of nitrogens with one attached hydrogen (secondary N) is 1. The molecule has 0 bridgehead atoms. The molecule has 0 heterocycles. The van der Waals surface area contributed by atoms with Gasteiger partial charge in [0, 0.05) is 18.0 Å². The lowest BCUT2D eigenvalue weighted by molar-refractivity contribution is -0.160. The minimum atomic E-state index is -1.18. The lowest BCUT2D eigenvalue weighted by atomic mass is 9.95.